The number of carbonyl (C=O) groups excluding carboxylic acids is 1. The normalized spacial score (nSPS) is 32.1. The van der Waals surface area contributed by atoms with Gasteiger partial charge in [0.25, 0.3) is 0 Å². The first-order chi connectivity index (χ1) is 8.59. The number of furan rings is 1. The van der Waals surface area contributed by atoms with Gasteiger partial charge in [0.1, 0.15) is 0 Å². The fraction of sp³-hybridized carbons (Fsp3) is 0.533. The van der Waals surface area contributed by atoms with Gasteiger partial charge in [0.15, 0.2) is 0 Å². The fourth-order valence-electron chi connectivity index (χ4n) is 2.99. The number of hydrogen-bond acceptors (Lipinski definition) is 3. The van der Waals surface area contributed by atoms with Crippen molar-refractivity contribution >= 4 is 16.9 Å². The van der Waals surface area contributed by atoms with Crippen LogP contribution in [-0.2, 0) is 11.2 Å². The van der Waals surface area contributed by atoms with Gasteiger partial charge in [0.2, 0.25) is 5.12 Å². The number of hydrogen-bond donors (Lipinski definition) is 0. The molecule has 0 radical (unpaired) electrons. The van der Waals surface area contributed by atoms with Gasteiger partial charge >= 0.3 is 0 Å². The van der Waals surface area contributed by atoms with Gasteiger partial charge in [-0.1, -0.05) is 31.7 Å². The summed E-state index contributed by atoms with van der Waals surface area (Å²) < 4.78 is 5.12. The van der Waals surface area contributed by atoms with Crippen LogP contribution in [-0.4, -0.2) is 10.9 Å². The highest BCUT2D eigenvalue weighted by molar-refractivity contribution is 8.14. The third kappa shape index (κ3) is 2.05. The van der Waals surface area contributed by atoms with E-state index in [1.54, 1.807) is 6.26 Å². The lowest BCUT2D eigenvalue weighted by molar-refractivity contribution is -0.107. The number of carbonyl (C=O) groups is 1. The third-order valence-electron chi connectivity index (χ3n) is 4.42. The summed E-state index contributed by atoms with van der Waals surface area (Å²) in [5, 5.41) is 0.291. The molecule has 0 aromatic carbocycles. The SMILES string of the molecule is CC1(C)C(C=C2CCSC2=O)C1Cc1ccoc1. The highest BCUT2D eigenvalue weighted by atomic mass is 32.2. The molecule has 3 rings (SSSR count). The highest BCUT2D eigenvalue weighted by Crippen LogP contribution is 2.61. The van der Waals surface area contributed by atoms with E-state index in [-0.39, 0.29) is 0 Å². The second-order valence-corrected chi connectivity index (χ2v) is 6.93. The first-order valence-electron chi connectivity index (χ1n) is 6.48. The molecular weight excluding hydrogens is 244 g/mol. The van der Waals surface area contributed by atoms with Crippen molar-refractivity contribution in [2.75, 3.05) is 5.75 Å². The molecule has 1 aromatic heterocycles. The number of thioether (sulfide) groups is 1. The van der Waals surface area contributed by atoms with Crippen LogP contribution in [0.4, 0.5) is 0 Å². The largest absolute Gasteiger partial charge is 0.472 e. The molecule has 3 heteroatoms. The number of rotatable bonds is 3. The van der Waals surface area contributed by atoms with Crippen molar-refractivity contribution < 1.29 is 9.21 Å². The molecule has 2 heterocycles. The molecule has 0 N–H and O–H groups in total. The lowest BCUT2D eigenvalue weighted by atomic mass is 10.0. The second kappa shape index (κ2) is 4.30. The van der Waals surface area contributed by atoms with Crippen molar-refractivity contribution in [2.24, 2.45) is 17.3 Å². The monoisotopic (exact) mass is 262 g/mol. The Labute approximate surface area is 112 Å². The Morgan fingerprint density at radius 3 is 3.00 bits per heavy atom. The van der Waals surface area contributed by atoms with Crippen LogP contribution in [0.15, 0.2) is 34.7 Å². The van der Waals surface area contributed by atoms with E-state index in [1.165, 1.54) is 17.3 Å². The van der Waals surface area contributed by atoms with E-state index in [1.807, 2.05) is 12.3 Å². The summed E-state index contributed by atoms with van der Waals surface area (Å²) in [5.41, 5.74) is 2.63. The van der Waals surface area contributed by atoms with Gasteiger partial charge in [-0.05, 0) is 41.7 Å². The molecule has 0 spiro atoms. The highest BCUT2D eigenvalue weighted by Gasteiger charge is 2.56. The maximum Gasteiger partial charge on any atom is 0.215 e. The molecule has 1 aliphatic carbocycles. The summed E-state index contributed by atoms with van der Waals surface area (Å²) in [5.74, 6) is 2.15. The summed E-state index contributed by atoms with van der Waals surface area (Å²) >= 11 is 1.46. The summed E-state index contributed by atoms with van der Waals surface area (Å²) in [6, 6.07) is 2.04. The molecule has 1 aromatic rings. The predicted molar refractivity (Wildman–Crippen MR) is 73.3 cm³/mol. The smallest absolute Gasteiger partial charge is 0.215 e. The zero-order chi connectivity index (χ0) is 12.8. The van der Waals surface area contributed by atoms with Crippen LogP contribution in [0.5, 0.6) is 0 Å². The first kappa shape index (κ1) is 12.1. The Bertz CT molecular complexity index is 485. The summed E-state index contributed by atoms with van der Waals surface area (Å²) in [6.45, 7) is 4.60. The zero-order valence-electron chi connectivity index (χ0n) is 10.8. The van der Waals surface area contributed by atoms with Crippen molar-refractivity contribution in [3.05, 3.63) is 35.8 Å². The number of allylic oxidation sites excluding steroid dienone is 1. The molecule has 2 atom stereocenters. The minimum atomic E-state index is 0.291. The van der Waals surface area contributed by atoms with E-state index in [0.29, 0.717) is 22.4 Å². The lowest BCUT2D eigenvalue weighted by Crippen LogP contribution is -1.93. The van der Waals surface area contributed by atoms with E-state index in [9.17, 15) is 4.79 Å². The van der Waals surface area contributed by atoms with Gasteiger partial charge in [-0.25, -0.2) is 0 Å². The fourth-order valence-corrected chi connectivity index (χ4v) is 3.85. The van der Waals surface area contributed by atoms with Crippen LogP contribution in [0.25, 0.3) is 0 Å². The molecule has 2 aliphatic rings. The van der Waals surface area contributed by atoms with E-state index in [2.05, 4.69) is 19.9 Å². The minimum Gasteiger partial charge on any atom is -0.472 e. The molecule has 96 valence electrons. The van der Waals surface area contributed by atoms with Gasteiger partial charge in [-0.3, -0.25) is 4.79 Å². The molecule has 0 amide bonds. The van der Waals surface area contributed by atoms with E-state index in [0.717, 1.165) is 24.2 Å². The van der Waals surface area contributed by atoms with Crippen molar-refractivity contribution in [1.82, 2.24) is 0 Å². The quantitative estimate of drug-likeness (QED) is 0.778. The van der Waals surface area contributed by atoms with Crippen LogP contribution in [0, 0.1) is 17.3 Å². The van der Waals surface area contributed by atoms with Crippen molar-refractivity contribution in [3.8, 4) is 0 Å². The average Bonchev–Trinajstić information content (AvgIpc) is 2.78. The summed E-state index contributed by atoms with van der Waals surface area (Å²) in [6.07, 6.45) is 7.81. The van der Waals surface area contributed by atoms with E-state index >= 15 is 0 Å². The molecular formula is C15H18O2S. The minimum absolute atomic E-state index is 0.291. The van der Waals surface area contributed by atoms with E-state index < -0.39 is 0 Å². The molecule has 2 fully saturated rings. The Morgan fingerprint density at radius 1 is 1.56 bits per heavy atom. The second-order valence-electron chi connectivity index (χ2n) is 5.87. The molecule has 1 aliphatic heterocycles. The first-order valence-corrected chi connectivity index (χ1v) is 7.46. The third-order valence-corrected chi connectivity index (χ3v) is 5.35. The van der Waals surface area contributed by atoms with Crippen LogP contribution in [0.2, 0.25) is 0 Å². The van der Waals surface area contributed by atoms with Gasteiger partial charge in [0, 0.05) is 11.3 Å². The van der Waals surface area contributed by atoms with Gasteiger partial charge in [-0.15, -0.1) is 0 Å². The van der Waals surface area contributed by atoms with Crippen LogP contribution in [0.1, 0.15) is 25.8 Å². The Morgan fingerprint density at radius 2 is 2.39 bits per heavy atom. The summed E-state index contributed by atoms with van der Waals surface area (Å²) in [4.78, 5) is 11.7. The Hall–Kier alpha value is -0.960. The standard InChI is InChI=1S/C15H18O2S/c1-15(2)12(7-10-3-5-17-9-10)13(15)8-11-4-6-18-14(11)16/h3,5,8-9,12-13H,4,6-7H2,1-2H3. The molecule has 2 unspecified atom stereocenters. The Balaban J connectivity index is 1.72. The molecule has 1 saturated heterocycles. The van der Waals surface area contributed by atoms with E-state index in [4.69, 9.17) is 4.42 Å². The predicted octanol–water partition coefficient (Wildman–Crippen LogP) is 3.68. The van der Waals surface area contributed by atoms with Gasteiger partial charge < -0.3 is 4.42 Å². The van der Waals surface area contributed by atoms with Gasteiger partial charge in [0.05, 0.1) is 12.5 Å². The van der Waals surface area contributed by atoms with Crippen molar-refractivity contribution in [3.63, 3.8) is 0 Å². The van der Waals surface area contributed by atoms with Crippen LogP contribution >= 0.6 is 11.8 Å². The molecule has 2 nitrogen and oxygen atoms in total. The maximum absolute atomic E-state index is 11.7. The lowest BCUT2D eigenvalue weighted by Gasteiger charge is -1.99. The summed E-state index contributed by atoms with van der Waals surface area (Å²) in [7, 11) is 0. The Kier molecular flexibility index (Phi) is 2.89. The van der Waals surface area contributed by atoms with Crippen molar-refractivity contribution in [2.45, 2.75) is 26.7 Å². The zero-order valence-corrected chi connectivity index (χ0v) is 11.6. The molecule has 0 bridgehead atoms. The topological polar surface area (TPSA) is 30.2 Å². The average molecular weight is 262 g/mol. The molecule has 1 saturated carbocycles. The van der Waals surface area contributed by atoms with Crippen LogP contribution < -0.4 is 0 Å². The molecule has 18 heavy (non-hydrogen) atoms. The maximum atomic E-state index is 11.7. The van der Waals surface area contributed by atoms with Crippen LogP contribution in [0.3, 0.4) is 0 Å². The van der Waals surface area contributed by atoms with Gasteiger partial charge in [-0.2, -0.15) is 0 Å². The van der Waals surface area contributed by atoms with Crippen molar-refractivity contribution in [1.29, 1.82) is 0 Å².